The predicted octanol–water partition coefficient (Wildman–Crippen LogP) is 2.91. The molecule has 0 unspecified atom stereocenters. The average Bonchev–Trinajstić information content (AvgIpc) is 2.38. The fraction of sp³-hybridized carbons (Fsp3) is 0.562. The lowest BCUT2D eigenvalue weighted by atomic mass is 9.79. The van der Waals surface area contributed by atoms with E-state index < -0.39 is 5.97 Å². The summed E-state index contributed by atoms with van der Waals surface area (Å²) in [5.74, 6) is -0.126. The summed E-state index contributed by atoms with van der Waals surface area (Å²) in [7, 11) is 0. The van der Waals surface area contributed by atoms with Gasteiger partial charge in [0.15, 0.2) is 0 Å². The number of hydrogen-bond acceptors (Lipinski definition) is 2. The van der Waals surface area contributed by atoms with Gasteiger partial charge in [0.1, 0.15) is 0 Å². The standard InChI is InChI=1S/C16H23NO2/c1-16(2,11-15(18)19)14-5-3-4-13(10-14)12-6-8-17-9-7-12/h3-5,10,12,17H,6-9,11H2,1-2H3,(H,18,19). The van der Waals surface area contributed by atoms with Crippen molar-refractivity contribution in [3.8, 4) is 0 Å². The fourth-order valence-corrected chi connectivity index (χ4v) is 2.85. The van der Waals surface area contributed by atoms with Crippen molar-refractivity contribution in [3.63, 3.8) is 0 Å². The number of carbonyl (C=O) groups is 1. The van der Waals surface area contributed by atoms with E-state index in [9.17, 15) is 4.79 Å². The number of rotatable bonds is 4. The van der Waals surface area contributed by atoms with E-state index in [0.29, 0.717) is 5.92 Å². The molecule has 0 bridgehead atoms. The van der Waals surface area contributed by atoms with Crippen LogP contribution in [-0.4, -0.2) is 24.2 Å². The van der Waals surface area contributed by atoms with Crippen LogP contribution in [0.5, 0.6) is 0 Å². The number of carboxylic acid groups (broad SMARTS) is 1. The minimum absolute atomic E-state index is 0.169. The van der Waals surface area contributed by atoms with Gasteiger partial charge in [0, 0.05) is 5.41 Å². The monoisotopic (exact) mass is 261 g/mol. The van der Waals surface area contributed by atoms with Gasteiger partial charge in [-0.3, -0.25) is 4.79 Å². The van der Waals surface area contributed by atoms with E-state index in [4.69, 9.17) is 5.11 Å². The molecule has 3 heteroatoms. The highest BCUT2D eigenvalue weighted by molar-refractivity contribution is 5.68. The molecule has 0 spiro atoms. The summed E-state index contributed by atoms with van der Waals surface area (Å²) in [6.45, 7) is 6.16. The first-order valence-electron chi connectivity index (χ1n) is 7.02. The molecule has 1 aliphatic rings. The molecule has 1 aromatic rings. The van der Waals surface area contributed by atoms with E-state index in [-0.39, 0.29) is 11.8 Å². The van der Waals surface area contributed by atoms with E-state index in [1.165, 1.54) is 18.4 Å². The van der Waals surface area contributed by atoms with Crippen LogP contribution in [0.3, 0.4) is 0 Å². The summed E-state index contributed by atoms with van der Waals surface area (Å²) < 4.78 is 0. The second-order valence-electron chi connectivity index (χ2n) is 6.10. The Balaban J connectivity index is 2.20. The molecule has 1 aromatic carbocycles. The number of aliphatic carboxylic acids is 1. The Morgan fingerprint density at radius 2 is 2.05 bits per heavy atom. The van der Waals surface area contributed by atoms with Gasteiger partial charge in [0.2, 0.25) is 0 Å². The molecule has 0 saturated carbocycles. The SMILES string of the molecule is CC(C)(CC(=O)O)c1cccc(C2CCNCC2)c1. The quantitative estimate of drug-likeness (QED) is 0.876. The van der Waals surface area contributed by atoms with Gasteiger partial charge in [-0.1, -0.05) is 38.1 Å². The first-order chi connectivity index (χ1) is 8.99. The van der Waals surface area contributed by atoms with E-state index in [1.807, 2.05) is 19.9 Å². The largest absolute Gasteiger partial charge is 0.481 e. The Morgan fingerprint density at radius 3 is 2.68 bits per heavy atom. The maximum absolute atomic E-state index is 11.0. The molecular weight excluding hydrogens is 238 g/mol. The Labute approximate surface area is 115 Å². The Bertz CT molecular complexity index is 448. The van der Waals surface area contributed by atoms with Gasteiger partial charge in [-0.15, -0.1) is 0 Å². The van der Waals surface area contributed by atoms with Crippen LogP contribution in [0.1, 0.15) is 50.2 Å². The van der Waals surface area contributed by atoms with Gasteiger partial charge >= 0.3 is 5.97 Å². The first kappa shape index (κ1) is 14.1. The molecule has 1 saturated heterocycles. The number of piperidine rings is 1. The molecule has 1 heterocycles. The minimum Gasteiger partial charge on any atom is -0.481 e. The van der Waals surface area contributed by atoms with Crippen molar-refractivity contribution in [3.05, 3.63) is 35.4 Å². The summed E-state index contributed by atoms with van der Waals surface area (Å²) in [4.78, 5) is 11.0. The molecule has 0 atom stereocenters. The van der Waals surface area contributed by atoms with Gasteiger partial charge < -0.3 is 10.4 Å². The van der Waals surface area contributed by atoms with Crippen LogP contribution >= 0.6 is 0 Å². The summed E-state index contributed by atoms with van der Waals surface area (Å²) in [5, 5.41) is 12.4. The van der Waals surface area contributed by atoms with Crippen LogP contribution in [0.15, 0.2) is 24.3 Å². The molecule has 2 rings (SSSR count). The van der Waals surface area contributed by atoms with E-state index in [1.54, 1.807) is 0 Å². The molecule has 1 aliphatic heterocycles. The van der Waals surface area contributed by atoms with Crippen molar-refractivity contribution in [2.45, 2.75) is 44.4 Å². The zero-order valence-electron chi connectivity index (χ0n) is 11.8. The number of carboxylic acids is 1. The fourth-order valence-electron chi connectivity index (χ4n) is 2.85. The molecule has 0 amide bonds. The highest BCUT2D eigenvalue weighted by Crippen LogP contribution is 2.31. The van der Waals surface area contributed by atoms with Crippen molar-refractivity contribution in [2.75, 3.05) is 13.1 Å². The van der Waals surface area contributed by atoms with Gasteiger partial charge in [-0.25, -0.2) is 0 Å². The number of benzene rings is 1. The van der Waals surface area contributed by atoms with Crippen LogP contribution in [0, 0.1) is 0 Å². The number of hydrogen-bond donors (Lipinski definition) is 2. The smallest absolute Gasteiger partial charge is 0.304 e. The zero-order valence-corrected chi connectivity index (χ0v) is 11.8. The van der Waals surface area contributed by atoms with Crippen LogP contribution in [0.4, 0.5) is 0 Å². The number of nitrogens with one attached hydrogen (secondary N) is 1. The third-order valence-corrected chi connectivity index (χ3v) is 4.07. The molecular formula is C16H23NO2. The molecule has 1 fully saturated rings. The van der Waals surface area contributed by atoms with E-state index >= 15 is 0 Å². The van der Waals surface area contributed by atoms with Crippen molar-refractivity contribution in [2.24, 2.45) is 0 Å². The van der Waals surface area contributed by atoms with Crippen molar-refractivity contribution < 1.29 is 9.90 Å². The molecule has 19 heavy (non-hydrogen) atoms. The van der Waals surface area contributed by atoms with Gasteiger partial charge in [-0.2, -0.15) is 0 Å². The van der Waals surface area contributed by atoms with Crippen LogP contribution in [0.2, 0.25) is 0 Å². The maximum Gasteiger partial charge on any atom is 0.304 e. The Hall–Kier alpha value is -1.35. The van der Waals surface area contributed by atoms with Crippen molar-refractivity contribution in [1.29, 1.82) is 0 Å². The first-order valence-corrected chi connectivity index (χ1v) is 7.02. The second kappa shape index (κ2) is 5.74. The van der Waals surface area contributed by atoms with Gasteiger partial charge in [0.25, 0.3) is 0 Å². The average molecular weight is 261 g/mol. The van der Waals surface area contributed by atoms with Gasteiger partial charge in [0.05, 0.1) is 6.42 Å². The molecule has 104 valence electrons. The van der Waals surface area contributed by atoms with E-state index in [0.717, 1.165) is 18.7 Å². The lowest BCUT2D eigenvalue weighted by Gasteiger charge is -2.27. The third-order valence-electron chi connectivity index (χ3n) is 4.07. The minimum atomic E-state index is -0.739. The topological polar surface area (TPSA) is 49.3 Å². The molecule has 0 radical (unpaired) electrons. The lowest BCUT2D eigenvalue weighted by molar-refractivity contribution is -0.138. The Kier molecular flexibility index (Phi) is 4.25. The van der Waals surface area contributed by atoms with Crippen molar-refractivity contribution >= 4 is 5.97 Å². The van der Waals surface area contributed by atoms with Crippen molar-refractivity contribution in [1.82, 2.24) is 5.32 Å². The predicted molar refractivity (Wildman–Crippen MR) is 76.6 cm³/mol. The second-order valence-corrected chi connectivity index (χ2v) is 6.10. The molecule has 3 nitrogen and oxygen atoms in total. The maximum atomic E-state index is 11.0. The summed E-state index contributed by atoms with van der Waals surface area (Å²) in [6, 6.07) is 8.50. The van der Waals surface area contributed by atoms with E-state index in [2.05, 4.69) is 23.5 Å². The molecule has 0 aliphatic carbocycles. The third kappa shape index (κ3) is 3.57. The summed E-state index contributed by atoms with van der Waals surface area (Å²) in [6.07, 6.45) is 2.51. The molecule has 0 aromatic heterocycles. The van der Waals surface area contributed by atoms with Crippen LogP contribution in [-0.2, 0) is 10.2 Å². The highest BCUT2D eigenvalue weighted by Gasteiger charge is 2.25. The highest BCUT2D eigenvalue weighted by atomic mass is 16.4. The Morgan fingerprint density at radius 1 is 1.37 bits per heavy atom. The summed E-state index contributed by atoms with van der Waals surface area (Å²) in [5.41, 5.74) is 2.18. The lowest BCUT2D eigenvalue weighted by Crippen LogP contribution is -2.27. The van der Waals surface area contributed by atoms with Crippen LogP contribution < -0.4 is 5.32 Å². The molecule has 2 N–H and O–H groups in total. The normalized spacial score (nSPS) is 17.4. The zero-order chi connectivity index (χ0) is 13.9. The van der Waals surface area contributed by atoms with Crippen LogP contribution in [0.25, 0.3) is 0 Å². The summed E-state index contributed by atoms with van der Waals surface area (Å²) >= 11 is 0. The van der Waals surface area contributed by atoms with Gasteiger partial charge in [-0.05, 0) is 43.0 Å².